The molecule has 30 heavy (non-hydrogen) atoms. The van der Waals surface area contributed by atoms with Crippen molar-refractivity contribution in [3.8, 4) is 11.5 Å². The molecule has 6 heteroatoms. The molecule has 0 unspecified atom stereocenters. The minimum Gasteiger partial charge on any atom is -0.497 e. The molecule has 2 aliphatic rings. The number of likely N-dealkylation sites (tertiary alicyclic amines) is 1. The fourth-order valence-corrected chi connectivity index (χ4v) is 4.12. The molecule has 1 amide bonds. The van der Waals surface area contributed by atoms with Gasteiger partial charge in [-0.3, -0.25) is 9.69 Å². The fraction of sp³-hybridized carbons (Fsp3) is 0.417. The van der Waals surface area contributed by atoms with Gasteiger partial charge in [0.15, 0.2) is 0 Å². The van der Waals surface area contributed by atoms with Gasteiger partial charge in [0, 0.05) is 6.42 Å². The number of ether oxygens (including phenoxy) is 2. The molecule has 0 saturated carbocycles. The number of amides is 1. The Kier molecular flexibility index (Phi) is 6.33. The number of nitrogens with zero attached hydrogens (tertiary/aromatic N) is 3. The normalized spacial score (nSPS) is 19.1. The van der Waals surface area contributed by atoms with E-state index in [1.165, 1.54) is 0 Å². The second-order valence-corrected chi connectivity index (χ2v) is 7.72. The van der Waals surface area contributed by atoms with Gasteiger partial charge in [0.2, 0.25) is 0 Å². The Bertz CT molecular complexity index is 887. The van der Waals surface area contributed by atoms with E-state index < -0.39 is 0 Å². The maximum atomic E-state index is 13.2. The number of hydrazone groups is 1. The van der Waals surface area contributed by atoms with Crippen molar-refractivity contribution in [3.05, 3.63) is 59.7 Å². The Morgan fingerprint density at radius 2 is 1.70 bits per heavy atom. The first kappa shape index (κ1) is 20.4. The predicted molar refractivity (Wildman–Crippen MR) is 117 cm³/mol. The minimum atomic E-state index is -0.104. The van der Waals surface area contributed by atoms with E-state index in [0.717, 1.165) is 54.3 Å². The SMILES string of the molecule is CCOc1ccc([C@@H]2CC(c3ccc(OC)cc3)=NN2C(=O)CN2CCCC2)cc1. The molecule has 6 nitrogen and oxygen atoms in total. The van der Waals surface area contributed by atoms with Crippen molar-refractivity contribution in [2.45, 2.75) is 32.2 Å². The summed E-state index contributed by atoms with van der Waals surface area (Å²) in [6, 6.07) is 15.8. The molecular weight excluding hydrogens is 378 g/mol. The molecule has 158 valence electrons. The third-order valence-corrected chi connectivity index (χ3v) is 5.72. The van der Waals surface area contributed by atoms with E-state index in [-0.39, 0.29) is 11.9 Å². The summed E-state index contributed by atoms with van der Waals surface area (Å²) >= 11 is 0. The maximum Gasteiger partial charge on any atom is 0.257 e. The van der Waals surface area contributed by atoms with Crippen LogP contribution in [0.3, 0.4) is 0 Å². The Morgan fingerprint density at radius 3 is 2.33 bits per heavy atom. The van der Waals surface area contributed by atoms with Crippen LogP contribution in [0, 0.1) is 0 Å². The van der Waals surface area contributed by atoms with Crippen LogP contribution in [0.4, 0.5) is 0 Å². The van der Waals surface area contributed by atoms with Gasteiger partial charge >= 0.3 is 0 Å². The summed E-state index contributed by atoms with van der Waals surface area (Å²) in [5.41, 5.74) is 3.01. The number of carbonyl (C=O) groups is 1. The molecule has 0 N–H and O–H groups in total. The van der Waals surface area contributed by atoms with Crippen LogP contribution in [0.1, 0.15) is 43.4 Å². The largest absolute Gasteiger partial charge is 0.497 e. The van der Waals surface area contributed by atoms with Crippen molar-refractivity contribution < 1.29 is 14.3 Å². The van der Waals surface area contributed by atoms with Gasteiger partial charge in [0.25, 0.3) is 5.91 Å². The van der Waals surface area contributed by atoms with E-state index in [1.807, 2.05) is 55.5 Å². The Balaban J connectivity index is 1.58. The quantitative estimate of drug-likeness (QED) is 0.699. The monoisotopic (exact) mass is 407 g/mol. The highest BCUT2D eigenvalue weighted by Crippen LogP contribution is 2.34. The molecule has 2 heterocycles. The molecule has 2 aromatic rings. The lowest BCUT2D eigenvalue weighted by molar-refractivity contribution is -0.134. The molecule has 4 rings (SSSR count). The average Bonchev–Trinajstić information content (AvgIpc) is 3.45. The van der Waals surface area contributed by atoms with E-state index in [4.69, 9.17) is 14.6 Å². The summed E-state index contributed by atoms with van der Waals surface area (Å²) in [5, 5.41) is 6.46. The van der Waals surface area contributed by atoms with Crippen molar-refractivity contribution in [2.75, 3.05) is 33.4 Å². The number of rotatable bonds is 7. The molecule has 2 aliphatic heterocycles. The smallest absolute Gasteiger partial charge is 0.257 e. The van der Waals surface area contributed by atoms with E-state index >= 15 is 0 Å². The van der Waals surface area contributed by atoms with Gasteiger partial charge in [-0.15, -0.1) is 0 Å². The van der Waals surface area contributed by atoms with Crippen molar-refractivity contribution in [2.24, 2.45) is 5.10 Å². The summed E-state index contributed by atoms with van der Waals surface area (Å²) in [6.07, 6.45) is 3.01. The van der Waals surface area contributed by atoms with Gasteiger partial charge in [-0.25, -0.2) is 5.01 Å². The zero-order valence-electron chi connectivity index (χ0n) is 17.7. The topological polar surface area (TPSA) is 54.4 Å². The molecule has 1 atom stereocenters. The molecule has 0 radical (unpaired) electrons. The number of hydrogen-bond donors (Lipinski definition) is 0. The Hall–Kier alpha value is -2.86. The number of hydrogen-bond acceptors (Lipinski definition) is 5. The van der Waals surface area contributed by atoms with Crippen LogP contribution in [-0.2, 0) is 4.79 Å². The van der Waals surface area contributed by atoms with Gasteiger partial charge in [-0.2, -0.15) is 5.10 Å². The van der Waals surface area contributed by atoms with E-state index in [9.17, 15) is 4.79 Å². The van der Waals surface area contributed by atoms with Gasteiger partial charge in [0.05, 0.1) is 32.0 Å². The highest BCUT2D eigenvalue weighted by molar-refractivity contribution is 6.03. The van der Waals surface area contributed by atoms with E-state index in [0.29, 0.717) is 19.6 Å². The van der Waals surface area contributed by atoms with Crippen LogP contribution < -0.4 is 9.47 Å². The van der Waals surface area contributed by atoms with Crippen molar-refractivity contribution in [1.29, 1.82) is 0 Å². The van der Waals surface area contributed by atoms with Gasteiger partial charge in [-0.05, 0) is 80.4 Å². The van der Waals surface area contributed by atoms with Crippen LogP contribution in [0.25, 0.3) is 0 Å². The van der Waals surface area contributed by atoms with Crippen LogP contribution in [0.2, 0.25) is 0 Å². The molecule has 0 bridgehead atoms. The summed E-state index contributed by atoms with van der Waals surface area (Å²) in [6.45, 7) is 5.00. The van der Waals surface area contributed by atoms with Gasteiger partial charge in [-0.1, -0.05) is 12.1 Å². The zero-order valence-corrected chi connectivity index (χ0v) is 17.7. The third-order valence-electron chi connectivity index (χ3n) is 5.72. The molecule has 1 saturated heterocycles. The summed E-state index contributed by atoms with van der Waals surface area (Å²) in [5.74, 6) is 1.70. The first-order valence-corrected chi connectivity index (χ1v) is 10.7. The van der Waals surface area contributed by atoms with Crippen molar-refractivity contribution in [3.63, 3.8) is 0 Å². The van der Waals surface area contributed by atoms with Gasteiger partial charge in [0.1, 0.15) is 11.5 Å². The number of methoxy groups -OCH3 is 1. The molecule has 0 aromatic heterocycles. The Morgan fingerprint density at radius 1 is 1.03 bits per heavy atom. The van der Waals surface area contributed by atoms with E-state index in [2.05, 4.69) is 4.90 Å². The lowest BCUT2D eigenvalue weighted by atomic mass is 9.98. The fourth-order valence-electron chi connectivity index (χ4n) is 4.12. The maximum absolute atomic E-state index is 13.2. The van der Waals surface area contributed by atoms with Crippen LogP contribution in [-0.4, -0.2) is 54.9 Å². The summed E-state index contributed by atoms with van der Waals surface area (Å²) in [7, 11) is 1.66. The standard InChI is InChI=1S/C24H29N3O3/c1-3-30-21-12-8-19(9-13-21)23-16-22(18-6-10-20(29-2)11-7-18)25-27(23)24(28)17-26-14-4-5-15-26/h6-13,23H,3-5,14-17H2,1-2H3/t23-/m0/s1. The molecule has 0 spiro atoms. The second-order valence-electron chi connectivity index (χ2n) is 7.72. The van der Waals surface area contributed by atoms with Crippen molar-refractivity contribution in [1.82, 2.24) is 9.91 Å². The van der Waals surface area contributed by atoms with Gasteiger partial charge < -0.3 is 9.47 Å². The first-order valence-electron chi connectivity index (χ1n) is 10.7. The highest BCUT2D eigenvalue weighted by Gasteiger charge is 2.34. The Labute approximate surface area is 178 Å². The second kappa shape index (κ2) is 9.30. The zero-order chi connectivity index (χ0) is 20.9. The predicted octanol–water partition coefficient (Wildman–Crippen LogP) is 3.87. The summed E-state index contributed by atoms with van der Waals surface area (Å²) < 4.78 is 10.8. The molecule has 0 aliphatic carbocycles. The van der Waals surface area contributed by atoms with Crippen molar-refractivity contribution >= 4 is 11.6 Å². The lowest BCUT2D eigenvalue weighted by Crippen LogP contribution is -2.36. The third kappa shape index (κ3) is 4.49. The summed E-state index contributed by atoms with van der Waals surface area (Å²) in [4.78, 5) is 15.4. The number of carbonyl (C=O) groups excluding carboxylic acids is 1. The average molecular weight is 408 g/mol. The molecule has 2 aromatic carbocycles. The van der Waals surface area contributed by atoms with Crippen LogP contribution >= 0.6 is 0 Å². The number of benzene rings is 2. The molecular formula is C24H29N3O3. The highest BCUT2D eigenvalue weighted by atomic mass is 16.5. The van der Waals surface area contributed by atoms with Crippen LogP contribution in [0.15, 0.2) is 53.6 Å². The minimum absolute atomic E-state index is 0.0549. The first-order chi connectivity index (χ1) is 14.7. The molecule has 1 fully saturated rings. The van der Waals surface area contributed by atoms with Crippen LogP contribution in [0.5, 0.6) is 11.5 Å². The van der Waals surface area contributed by atoms with E-state index in [1.54, 1.807) is 12.1 Å². The lowest BCUT2D eigenvalue weighted by Gasteiger charge is -2.24.